The Bertz CT molecular complexity index is 324. The molecule has 0 N–H and O–H groups in total. The molecule has 3 heteroatoms. The van der Waals surface area contributed by atoms with Gasteiger partial charge in [0.05, 0.1) is 11.7 Å². The van der Waals surface area contributed by atoms with Crippen molar-refractivity contribution < 1.29 is 8.85 Å². The Morgan fingerprint density at radius 1 is 1.28 bits per heavy atom. The van der Waals surface area contributed by atoms with Gasteiger partial charge in [-0.15, -0.1) is 6.58 Å². The Morgan fingerprint density at radius 3 is 2.67 bits per heavy atom. The van der Waals surface area contributed by atoms with Crippen LogP contribution in [0.2, 0.25) is 13.1 Å². The molecule has 2 aliphatic rings. The van der Waals surface area contributed by atoms with Gasteiger partial charge in [0, 0.05) is 5.41 Å². The van der Waals surface area contributed by atoms with Gasteiger partial charge in [0.1, 0.15) is 0 Å². The molecule has 2 rings (SSSR count). The third kappa shape index (κ3) is 2.32. The lowest BCUT2D eigenvalue weighted by atomic mass is 9.64. The van der Waals surface area contributed by atoms with Crippen molar-refractivity contribution in [1.82, 2.24) is 0 Å². The molecule has 104 valence electrons. The molecule has 1 aliphatic carbocycles. The molecule has 2 atom stereocenters. The fourth-order valence-corrected chi connectivity index (χ4v) is 6.29. The summed E-state index contributed by atoms with van der Waals surface area (Å²) in [7, 11) is -1.99. The van der Waals surface area contributed by atoms with Crippen molar-refractivity contribution >= 4 is 8.56 Å². The lowest BCUT2D eigenvalue weighted by Crippen LogP contribution is -2.66. The minimum atomic E-state index is -1.99. The minimum Gasteiger partial charge on any atom is -0.391 e. The molecule has 0 aromatic carbocycles. The zero-order chi connectivity index (χ0) is 13.4. The van der Waals surface area contributed by atoms with Gasteiger partial charge in [-0.05, 0) is 32.4 Å². The highest BCUT2D eigenvalue weighted by Gasteiger charge is 2.58. The van der Waals surface area contributed by atoms with E-state index in [-0.39, 0.29) is 11.0 Å². The van der Waals surface area contributed by atoms with Crippen LogP contribution in [0.1, 0.15) is 52.4 Å². The predicted octanol–water partition coefficient (Wildman–Crippen LogP) is 4.41. The van der Waals surface area contributed by atoms with Crippen molar-refractivity contribution in [3.63, 3.8) is 0 Å². The first-order chi connectivity index (χ1) is 8.33. The highest BCUT2D eigenvalue weighted by atomic mass is 28.4. The van der Waals surface area contributed by atoms with Crippen LogP contribution in [0.15, 0.2) is 12.7 Å². The Kier molecular flexibility index (Phi) is 3.78. The molecule has 1 heterocycles. The van der Waals surface area contributed by atoms with Crippen LogP contribution in [0, 0.1) is 5.41 Å². The van der Waals surface area contributed by atoms with Crippen molar-refractivity contribution in [1.29, 1.82) is 0 Å². The average molecular weight is 268 g/mol. The fraction of sp³-hybridized carbons (Fsp3) is 0.867. The van der Waals surface area contributed by atoms with E-state index in [1.54, 1.807) is 0 Å². The summed E-state index contributed by atoms with van der Waals surface area (Å²) in [5.74, 6) is 0. The van der Waals surface area contributed by atoms with Crippen molar-refractivity contribution in [3.05, 3.63) is 12.7 Å². The number of fused-ring (bicyclic) bond motifs is 2. The van der Waals surface area contributed by atoms with E-state index in [9.17, 15) is 0 Å². The van der Waals surface area contributed by atoms with E-state index < -0.39 is 8.56 Å². The second kappa shape index (κ2) is 4.77. The van der Waals surface area contributed by atoms with Crippen molar-refractivity contribution in [2.24, 2.45) is 5.41 Å². The monoisotopic (exact) mass is 268 g/mol. The summed E-state index contributed by atoms with van der Waals surface area (Å²) < 4.78 is 12.9. The fourth-order valence-electron chi connectivity index (χ4n) is 3.76. The molecule has 0 aromatic rings. The second-order valence-corrected chi connectivity index (χ2v) is 10.2. The highest BCUT2D eigenvalue weighted by Crippen LogP contribution is 2.52. The van der Waals surface area contributed by atoms with Crippen molar-refractivity contribution in [2.75, 3.05) is 0 Å². The van der Waals surface area contributed by atoms with Crippen LogP contribution in [0.4, 0.5) is 0 Å². The molecule has 0 spiro atoms. The molecule has 0 amide bonds. The summed E-state index contributed by atoms with van der Waals surface area (Å²) >= 11 is 0. The summed E-state index contributed by atoms with van der Waals surface area (Å²) in [6, 6.07) is 0. The first-order valence-electron chi connectivity index (χ1n) is 7.32. The molecule has 2 fully saturated rings. The second-order valence-electron chi connectivity index (χ2n) is 6.92. The lowest BCUT2D eigenvalue weighted by Gasteiger charge is -2.59. The minimum absolute atomic E-state index is 0.0478. The summed E-state index contributed by atoms with van der Waals surface area (Å²) in [5, 5.41) is 0. The summed E-state index contributed by atoms with van der Waals surface area (Å²) in [4.78, 5) is 0. The van der Waals surface area contributed by atoms with Crippen LogP contribution in [0.5, 0.6) is 0 Å². The van der Waals surface area contributed by atoms with Gasteiger partial charge >= 0.3 is 8.56 Å². The van der Waals surface area contributed by atoms with Gasteiger partial charge in [0.15, 0.2) is 0 Å². The molecule has 2 bridgehead atoms. The van der Waals surface area contributed by atoms with Crippen LogP contribution in [0.25, 0.3) is 0 Å². The quantitative estimate of drug-likeness (QED) is 0.545. The summed E-state index contributed by atoms with van der Waals surface area (Å²) in [6.45, 7) is 13.0. The molecule has 2 nitrogen and oxygen atoms in total. The van der Waals surface area contributed by atoms with Gasteiger partial charge in [0.25, 0.3) is 0 Å². The molecule has 0 aromatic heterocycles. The summed E-state index contributed by atoms with van der Waals surface area (Å²) in [5.41, 5.74) is 0.0396. The van der Waals surface area contributed by atoms with Crippen molar-refractivity contribution in [2.45, 2.75) is 77.2 Å². The van der Waals surface area contributed by atoms with Crippen molar-refractivity contribution in [3.8, 4) is 0 Å². The van der Waals surface area contributed by atoms with Crippen LogP contribution in [-0.2, 0) is 8.85 Å². The maximum atomic E-state index is 6.57. The van der Waals surface area contributed by atoms with E-state index in [4.69, 9.17) is 8.85 Å². The van der Waals surface area contributed by atoms with E-state index >= 15 is 0 Å². The van der Waals surface area contributed by atoms with E-state index in [2.05, 4.69) is 33.5 Å². The maximum absolute atomic E-state index is 6.57. The Hall–Kier alpha value is -0.123. The normalized spacial score (nSPS) is 38.6. The predicted molar refractivity (Wildman–Crippen MR) is 77.9 cm³/mol. The SMILES string of the molecule is C=CC[C@@]12CCCCC[C@@H](O[Si](C)(C)O1)C2(C)C. The standard InChI is InChI=1S/C15H28O2Si/c1-6-11-15-12-9-7-8-10-13(14(15,2)3)16-18(4,5)17-15/h6,13H,1,7-12H2,2-5H3/t13-,15+/m1/s1. The molecule has 0 unspecified atom stereocenters. The first kappa shape index (κ1) is 14.3. The zero-order valence-corrected chi connectivity index (χ0v) is 13.4. The Morgan fingerprint density at radius 2 is 2.00 bits per heavy atom. The van der Waals surface area contributed by atoms with E-state index in [1.807, 2.05) is 6.08 Å². The van der Waals surface area contributed by atoms with E-state index in [1.165, 1.54) is 25.7 Å². The zero-order valence-electron chi connectivity index (χ0n) is 12.4. The molecular weight excluding hydrogens is 240 g/mol. The highest BCUT2D eigenvalue weighted by molar-refractivity contribution is 6.64. The molecular formula is C15H28O2Si. The van der Waals surface area contributed by atoms with E-state index in [0.29, 0.717) is 6.10 Å². The van der Waals surface area contributed by atoms with E-state index in [0.717, 1.165) is 12.8 Å². The van der Waals surface area contributed by atoms with Gasteiger partial charge in [0.2, 0.25) is 0 Å². The average Bonchev–Trinajstić information content (AvgIpc) is 2.24. The van der Waals surface area contributed by atoms with Crippen LogP contribution in [0.3, 0.4) is 0 Å². The van der Waals surface area contributed by atoms with Gasteiger partial charge in [-0.3, -0.25) is 0 Å². The van der Waals surface area contributed by atoms with Gasteiger partial charge in [-0.2, -0.15) is 0 Å². The Labute approximate surface area is 113 Å². The topological polar surface area (TPSA) is 18.5 Å². The van der Waals surface area contributed by atoms with Gasteiger partial charge < -0.3 is 8.85 Å². The number of hydrogen-bond donors (Lipinski definition) is 0. The number of rotatable bonds is 2. The third-order valence-electron chi connectivity index (χ3n) is 4.87. The molecule has 1 saturated heterocycles. The van der Waals surface area contributed by atoms with Crippen LogP contribution >= 0.6 is 0 Å². The lowest BCUT2D eigenvalue weighted by molar-refractivity contribution is -0.176. The van der Waals surface area contributed by atoms with Crippen LogP contribution < -0.4 is 0 Å². The van der Waals surface area contributed by atoms with Gasteiger partial charge in [-0.25, -0.2) is 0 Å². The molecule has 0 radical (unpaired) electrons. The largest absolute Gasteiger partial charge is 0.391 e. The molecule has 1 aliphatic heterocycles. The van der Waals surface area contributed by atoms with Crippen LogP contribution in [-0.4, -0.2) is 20.3 Å². The molecule has 1 saturated carbocycles. The smallest absolute Gasteiger partial charge is 0.332 e. The first-order valence-corrected chi connectivity index (χ1v) is 10.1. The molecule has 18 heavy (non-hydrogen) atoms. The maximum Gasteiger partial charge on any atom is 0.332 e. The summed E-state index contributed by atoms with van der Waals surface area (Å²) in [6.07, 6.45) is 9.56. The third-order valence-corrected chi connectivity index (χ3v) is 6.60. The Balaban J connectivity index is 2.40. The van der Waals surface area contributed by atoms with Gasteiger partial charge in [-0.1, -0.05) is 39.2 Å². The number of hydrogen-bond acceptors (Lipinski definition) is 2.